The van der Waals surface area contributed by atoms with E-state index in [9.17, 15) is 14.4 Å². The summed E-state index contributed by atoms with van der Waals surface area (Å²) in [5.41, 5.74) is 13.3. The van der Waals surface area contributed by atoms with Gasteiger partial charge in [0.1, 0.15) is 5.54 Å². The lowest BCUT2D eigenvalue weighted by molar-refractivity contribution is -0.127. The third-order valence-corrected chi connectivity index (χ3v) is 7.89. The number of carbonyl (C=O) groups excluding carboxylic acids is 3. The first kappa shape index (κ1) is 24.5. The largest absolute Gasteiger partial charge is 0.436 e. The summed E-state index contributed by atoms with van der Waals surface area (Å²) in [6.07, 6.45) is 6.24. The Balaban J connectivity index is 1.47. The smallest absolute Gasteiger partial charge is 0.405 e. The van der Waals surface area contributed by atoms with Crippen LogP contribution in [0.4, 0.5) is 10.5 Å². The first-order chi connectivity index (χ1) is 16.3. The van der Waals surface area contributed by atoms with E-state index in [2.05, 4.69) is 16.0 Å². The molecule has 9 heteroatoms. The molecule has 0 heterocycles. The fourth-order valence-corrected chi connectivity index (χ4v) is 5.48. The highest BCUT2D eigenvalue weighted by atomic mass is 16.6. The van der Waals surface area contributed by atoms with Crippen LogP contribution in [0.25, 0.3) is 0 Å². The van der Waals surface area contributed by atoms with Crippen LogP contribution in [-0.4, -0.2) is 49.7 Å². The molecule has 2 atom stereocenters. The second-order valence-corrected chi connectivity index (χ2v) is 10.3. The second kappa shape index (κ2) is 9.92. The number of rotatable bonds is 9. The van der Waals surface area contributed by atoms with Crippen molar-refractivity contribution < 1.29 is 19.1 Å². The summed E-state index contributed by atoms with van der Waals surface area (Å²) in [6.45, 7) is 1.32. The zero-order chi connectivity index (χ0) is 24.3. The van der Waals surface area contributed by atoms with E-state index < -0.39 is 17.7 Å². The lowest BCUT2D eigenvalue weighted by Crippen LogP contribution is -2.58. The topological polar surface area (TPSA) is 149 Å². The molecule has 2 saturated carbocycles. The molecule has 1 aromatic rings. The molecular weight excluding hydrogens is 434 g/mol. The minimum atomic E-state index is -0.938. The number of hydrogen-bond acceptors (Lipinski definition) is 6. The molecule has 34 heavy (non-hydrogen) atoms. The predicted molar refractivity (Wildman–Crippen MR) is 129 cm³/mol. The van der Waals surface area contributed by atoms with Gasteiger partial charge in [0, 0.05) is 38.0 Å². The van der Waals surface area contributed by atoms with Crippen molar-refractivity contribution in [2.45, 2.75) is 69.4 Å². The van der Waals surface area contributed by atoms with Gasteiger partial charge in [0.2, 0.25) is 5.91 Å². The van der Waals surface area contributed by atoms with Crippen molar-refractivity contribution in [1.29, 1.82) is 0 Å². The van der Waals surface area contributed by atoms with Crippen LogP contribution in [0.15, 0.2) is 18.2 Å². The first-order valence-corrected chi connectivity index (χ1v) is 12.4. The summed E-state index contributed by atoms with van der Waals surface area (Å²) in [6, 6.07) is 5.70. The van der Waals surface area contributed by atoms with Crippen LogP contribution in [0.5, 0.6) is 0 Å². The van der Waals surface area contributed by atoms with E-state index in [0.29, 0.717) is 31.6 Å². The van der Waals surface area contributed by atoms with Gasteiger partial charge in [0.05, 0.1) is 0 Å². The number of amides is 3. The van der Waals surface area contributed by atoms with E-state index >= 15 is 0 Å². The summed E-state index contributed by atoms with van der Waals surface area (Å²) < 4.78 is 5.23. The van der Waals surface area contributed by atoms with Gasteiger partial charge in [-0.3, -0.25) is 9.59 Å². The molecule has 3 aliphatic rings. The lowest BCUT2D eigenvalue weighted by Gasteiger charge is -2.30. The summed E-state index contributed by atoms with van der Waals surface area (Å²) in [5.74, 6) is -0.439. The minimum Gasteiger partial charge on any atom is -0.436 e. The number of hydrogen-bond donors (Lipinski definition) is 5. The second-order valence-electron chi connectivity index (χ2n) is 10.3. The van der Waals surface area contributed by atoms with Crippen LogP contribution >= 0.6 is 0 Å². The Labute approximate surface area is 200 Å². The van der Waals surface area contributed by atoms with Crippen molar-refractivity contribution in [3.8, 4) is 0 Å². The number of nitrogens with one attached hydrogen (secondary N) is 3. The summed E-state index contributed by atoms with van der Waals surface area (Å²) in [5, 5.41) is 9.26. The van der Waals surface area contributed by atoms with Crippen molar-refractivity contribution in [3.05, 3.63) is 29.3 Å². The fraction of sp³-hybridized carbons (Fsp3) is 0.640. The Morgan fingerprint density at radius 2 is 1.82 bits per heavy atom. The van der Waals surface area contributed by atoms with E-state index in [-0.39, 0.29) is 23.1 Å². The van der Waals surface area contributed by atoms with Gasteiger partial charge in [-0.2, -0.15) is 0 Å². The number of carbonyl (C=O) groups is 3. The van der Waals surface area contributed by atoms with Crippen molar-refractivity contribution >= 4 is 23.6 Å². The summed E-state index contributed by atoms with van der Waals surface area (Å²) >= 11 is 0. The lowest BCUT2D eigenvalue weighted by atomic mass is 9.85. The maximum absolute atomic E-state index is 13.1. The molecule has 0 bridgehead atoms. The van der Waals surface area contributed by atoms with Gasteiger partial charge < -0.3 is 32.2 Å². The molecule has 1 unspecified atom stereocenters. The number of nitrogens with two attached hydrogens (primary N) is 2. The van der Waals surface area contributed by atoms with Crippen molar-refractivity contribution in [1.82, 2.24) is 10.6 Å². The van der Waals surface area contributed by atoms with Crippen molar-refractivity contribution in [2.24, 2.45) is 22.8 Å². The average molecular weight is 472 g/mol. The number of anilines is 1. The van der Waals surface area contributed by atoms with Crippen LogP contribution in [0, 0.1) is 11.3 Å². The molecule has 2 fully saturated rings. The number of likely N-dealkylation sites (N-methyl/N-ethyl adjacent to an activating group) is 1. The Morgan fingerprint density at radius 1 is 1.12 bits per heavy atom. The molecule has 0 radical (unpaired) electrons. The molecule has 0 aliphatic heterocycles. The standard InChI is InChI=1S/C25H37N5O4/c1-28-22(32)25(29-15-24(14-26)9-10-24)12-17-7-8-19(11-18(17)13-25)30-21(31)20(34-23(27)33)16-5-3-2-4-6-16/h7-8,11,16,20,29H,2-6,9-10,12-15,26H2,1H3,(H2,27,33)(H,28,32)(H,30,31)/t20-,25?/m0/s1. The molecule has 3 amide bonds. The highest BCUT2D eigenvalue weighted by Gasteiger charge is 2.48. The quantitative estimate of drug-likeness (QED) is 0.369. The van der Waals surface area contributed by atoms with Crippen LogP contribution in [0.2, 0.25) is 0 Å². The first-order valence-electron chi connectivity index (χ1n) is 12.4. The highest BCUT2D eigenvalue weighted by molar-refractivity contribution is 5.96. The normalized spacial score (nSPS) is 24.1. The van der Waals surface area contributed by atoms with Gasteiger partial charge in [0.15, 0.2) is 6.10 Å². The molecule has 9 nitrogen and oxygen atoms in total. The zero-order valence-electron chi connectivity index (χ0n) is 20.0. The van der Waals surface area contributed by atoms with E-state index in [1.165, 1.54) is 0 Å². The summed E-state index contributed by atoms with van der Waals surface area (Å²) in [4.78, 5) is 37.4. The van der Waals surface area contributed by atoms with Gasteiger partial charge in [-0.25, -0.2) is 4.79 Å². The Hall–Kier alpha value is -2.65. The minimum absolute atomic E-state index is 0.0296. The van der Waals surface area contributed by atoms with Crippen molar-refractivity contribution in [3.63, 3.8) is 0 Å². The Kier molecular flexibility index (Phi) is 7.14. The Morgan fingerprint density at radius 3 is 2.44 bits per heavy atom. The van der Waals surface area contributed by atoms with Crippen LogP contribution in [-0.2, 0) is 27.2 Å². The molecular formula is C25H37N5O4. The molecule has 186 valence electrons. The molecule has 3 aliphatic carbocycles. The van der Waals surface area contributed by atoms with Gasteiger partial charge in [-0.05, 0) is 60.9 Å². The third kappa shape index (κ3) is 5.20. The number of benzene rings is 1. The van der Waals surface area contributed by atoms with Crippen molar-refractivity contribution in [2.75, 3.05) is 25.5 Å². The van der Waals surface area contributed by atoms with E-state index in [1.807, 2.05) is 18.2 Å². The number of fused-ring (bicyclic) bond motifs is 1. The van der Waals surface area contributed by atoms with E-state index in [1.54, 1.807) is 7.05 Å². The molecule has 1 aromatic carbocycles. The highest BCUT2D eigenvalue weighted by Crippen LogP contribution is 2.44. The number of primary amides is 1. The molecule has 7 N–H and O–H groups in total. The predicted octanol–water partition coefficient (Wildman–Crippen LogP) is 1.58. The molecule has 0 spiro atoms. The maximum Gasteiger partial charge on any atom is 0.405 e. The monoisotopic (exact) mass is 471 g/mol. The van der Waals surface area contributed by atoms with Crippen LogP contribution in [0.1, 0.15) is 56.1 Å². The van der Waals surface area contributed by atoms with Crippen LogP contribution < -0.4 is 27.4 Å². The Bertz CT molecular complexity index is 941. The molecule has 0 aromatic heterocycles. The molecule has 4 rings (SSSR count). The van der Waals surface area contributed by atoms with E-state index in [0.717, 1.165) is 56.1 Å². The van der Waals surface area contributed by atoms with Gasteiger partial charge in [-0.1, -0.05) is 25.3 Å². The zero-order valence-corrected chi connectivity index (χ0v) is 20.0. The van der Waals surface area contributed by atoms with Gasteiger partial charge in [-0.15, -0.1) is 0 Å². The summed E-state index contributed by atoms with van der Waals surface area (Å²) in [7, 11) is 1.65. The molecule has 0 saturated heterocycles. The van der Waals surface area contributed by atoms with Gasteiger partial charge >= 0.3 is 6.09 Å². The maximum atomic E-state index is 13.1. The van der Waals surface area contributed by atoms with E-state index in [4.69, 9.17) is 16.2 Å². The number of ether oxygens (including phenoxy) is 1. The SMILES string of the molecule is CNC(=O)C1(NCC2(CN)CC2)Cc2ccc(NC(=O)[C@@H](OC(N)=O)C3CCCCC3)cc2C1. The van der Waals surface area contributed by atoms with Crippen LogP contribution in [0.3, 0.4) is 0 Å². The third-order valence-electron chi connectivity index (χ3n) is 7.89. The fourth-order valence-electron chi connectivity index (χ4n) is 5.48. The average Bonchev–Trinajstić information content (AvgIpc) is 3.53. The van der Waals surface area contributed by atoms with Gasteiger partial charge in [0.25, 0.3) is 5.91 Å².